The zero-order valence-electron chi connectivity index (χ0n) is 23.9. The van der Waals surface area contributed by atoms with Crippen molar-refractivity contribution >= 4 is 51.7 Å². The zero-order chi connectivity index (χ0) is 30.6. The predicted octanol–water partition coefficient (Wildman–Crippen LogP) is 2.10. The van der Waals surface area contributed by atoms with Crippen LogP contribution < -0.4 is 81.3 Å². The summed E-state index contributed by atoms with van der Waals surface area (Å²) in [7, 11) is 1.47. The molecule has 4 aromatic rings. The molecule has 2 N–H and O–H groups in total. The van der Waals surface area contributed by atoms with Crippen LogP contribution >= 0.6 is 11.6 Å². The number of hydrogen-bond donors (Lipinski definition) is 2. The minimum absolute atomic E-state index is 0. The average molecular weight is 646 g/mol. The summed E-state index contributed by atoms with van der Waals surface area (Å²) in [5.74, 6) is -1.17. The van der Waals surface area contributed by atoms with E-state index in [9.17, 15) is 23.9 Å². The van der Waals surface area contributed by atoms with E-state index in [2.05, 4.69) is 15.6 Å². The third kappa shape index (κ3) is 7.68. The van der Waals surface area contributed by atoms with Gasteiger partial charge in [-0.2, -0.15) is 0 Å². The van der Waals surface area contributed by atoms with Crippen molar-refractivity contribution in [2.45, 2.75) is 25.7 Å². The first kappa shape index (κ1) is 33.6. The molecule has 0 radical (unpaired) electrons. The second-order valence-corrected chi connectivity index (χ2v) is 10.2. The molecule has 1 aromatic heterocycles. The fourth-order valence-electron chi connectivity index (χ4n) is 4.40. The molecular formula is C31H26ClFKN3O7. The maximum Gasteiger partial charge on any atom is 1.00 e. The van der Waals surface area contributed by atoms with Crippen LogP contribution in [-0.4, -0.2) is 36.5 Å². The molecule has 1 fully saturated rings. The third-order valence-electron chi connectivity index (χ3n) is 6.92. The number of hydrogen-bond acceptors (Lipinski definition) is 8. The Morgan fingerprint density at radius 2 is 1.70 bits per heavy atom. The van der Waals surface area contributed by atoms with E-state index in [0.717, 1.165) is 0 Å². The number of carboxylic acid groups (broad SMARTS) is 1. The van der Waals surface area contributed by atoms with Gasteiger partial charge >= 0.3 is 51.4 Å². The van der Waals surface area contributed by atoms with E-state index in [1.807, 2.05) is 0 Å². The third-order valence-corrected chi connectivity index (χ3v) is 7.31. The number of ether oxygens (including phenoxy) is 3. The van der Waals surface area contributed by atoms with E-state index in [-0.39, 0.29) is 87.3 Å². The van der Waals surface area contributed by atoms with Crippen molar-refractivity contribution in [2.75, 3.05) is 24.4 Å². The number of carboxylic acids is 1. The largest absolute Gasteiger partial charge is 1.00 e. The van der Waals surface area contributed by atoms with Crippen molar-refractivity contribution in [3.63, 3.8) is 0 Å². The standard InChI is InChI=1S/C31H27ClFN3O7.K/c1-41-25-16-20-22(17-26(25)42-15-3-6-27(37)38)34-14-11-23(20)43-24-5-2-4-21(28(24)32)36-30(40)31(12-13-31)29(39)35-19-9-7-18(33)8-10-19;/h2,4-5,7-11,14,16-17H,3,6,12-13,15H2,1H3,(H,35,39)(H,36,40)(H,37,38);/q;+1/p-1. The van der Waals surface area contributed by atoms with Crippen LogP contribution in [0.3, 0.4) is 0 Å². The number of aromatic nitrogens is 1. The first-order valence-corrected chi connectivity index (χ1v) is 13.7. The van der Waals surface area contributed by atoms with Gasteiger partial charge in [0.2, 0.25) is 11.8 Å². The Kier molecular flexibility index (Phi) is 11.2. The minimum atomic E-state index is -1.27. The summed E-state index contributed by atoms with van der Waals surface area (Å²) < 4.78 is 30.5. The molecule has 0 atom stereocenters. The maximum atomic E-state index is 13.2. The van der Waals surface area contributed by atoms with Crippen molar-refractivity contribution in [1.29, 1.82) is 0 Å². The van der Waals surface area contributed by atoms with Crippen molar-refractivity contribution in [2.24, 2.45) is 5.41 Å². The second-order valence-electron chi connectivity index (χ2n) is 9.87. The summed E-state index contributed by atoms with van der Waals surface area (Å²) in [6, 6.07) is 15.1. The first-order valence-electron chi connectivity index (χ1n) is 13.3. The Morgan fingerprint density at radius 1 is 0.977 bits per heavy atom. The van der Waals surface area contributed by atoms with Gasteiger partial charge in [0, 0.05) is 29.3 Å². The smallest absolute Gasteiger partial charge is 0.550 e. The van der Waals surface area contributed by atoms with E-state index in [1.54, 1.807) is 42.6 Å². The van der Waals surface area contributed by atoms with Gasteiger partial charge in [0.1, 0.15) is 27.8 Å². The number of amides is 2. The Labute approximate surface area is 299 Å². The number of halogens is 2. The molecule has 1 aliphatic rings. The number of aliphatic carboxylic acids is 1. The van der Waals surface area contributed by atoms with E-state index in [4.69, 9.17) is 25.8 Å². The van der Waals surface area contributed by atoms with Crippen molar-refractivity contribution in [3.05, 3.63) is 77.7 Å². The molecule has 0 unspecified atom stereocenters. The van der Waals surface area contributed by atoms with Crippen LogP contribution in [0.4, 0.5) is 15.8 Å². The SMILES string of the molecule is COc1cc2c(Oc3cccc(NC(=O)C4(C(=O)Nc5ccc(F)cc5)CC4)c3Cl)ccnc2cc1OCCCC(=O)[O-].[K+]. The molecule has 13 heteroatoms. The summed E-state index contributed by atoms with van der Waals surface area (Å²) >= 11 is 6.64. The van der Waals surface area contributed by atoms with Gasteiger partial charge in [-0.1, -0.05) is 17.7 Å². The number of anilines is 2. The minimum Gasteiger partial charge on any atom is -0.550 e. The Balaban J connectivity index is 0.00000442. The summed E-state index contributed by atoms with van der Waals surface area (Å²) in [6.45, 7) is 0.148. The van der Waals surface area contributed by atoms with Gasteiger partial charge in [0.05, 0.1) is 24.9 Å². The van der Waals surface area contributed by atoms with Crippen LogP contribution in [0.5, 0.6) is 23.0 Å². The monoisotopic (exact) mass is 645 g/mol. The fourth-order valence-corrected chi connectivity index (χ4v) is 4.61. The van der Waals surface area contributed by atoms with Gasteiger partial charge in [-0.3, -0.25) is 14.6 Å². The summed E-state index contributed by atoms with van der Waals surface area (Å²) in [4.78, 5) is 41.2. The van der Waals surface area contributed by atoms with Crippen LogP contribution in [-0.2, 0) is 14.4 Å². The van der Waals surface area contributed by atoms with Crippen molar-refractivity contribution in [1.82, 2.24) is 4.98 Å². The van der Waals surface area contributed by atoms with Gasteiger partial charge in [-0.05, 0) is 74.2 Å². The van der Waals surface area contributed by atoms with Crippen molar-refractivity contribution < 1.29 is 89.5 Å². The van der Waals surface area contributed by atoms with Gasteiger partial charge in [-0.15, -0.1) is 0 Å². The number of methoxy groups -OCH3 is 1. The molecule has 0 aliphatic heterocycles. The van der Waals surface area contributed by atoms with E-state index >= 15 is 0 Å². The topological polar surface area (TPSA) is 139 Å². The number of rotatable bonds is 12. The normalized spacial score (nSPS) is 12.9. The number of benzene rings is 3. The molecule has 10 nitrogen and oxygen atoms in total. The number of pyridine rings is 1. The molecule has 0 bridgehead atoms. The van der Waals surface area contributed by atoms with Crippen molar-refractivity contribution in [3.8, 4) is 23.0 Å². The maximum absolute atomic E-state index is 13.2. The van der Waals surface area contributed by atoms with Gasteiger partial charge in [0.25, 0.3) is 0 Å². The zero-order valence-corrected chi connectivity index (χ0v) is 27.8. The first-order chi connectivity index (χ1) is 20.7. The quantitative estimate of drug-likeness (QED) is 0.136. The molecule has 3 aromatic carbocycles. The molecule has 1 aliphatic carbocycles. The van der Waals surface area contributed by atoms with Gasteiger partial charge in [0.15, 0.2) is 11.5 Å². The van der Waals surface area contributed by atoms with Crippen LogP contribution in [0, 0.1) is 11.2 Å². The number of nitrogens with one attached hydrogen (secondary N) is 2. The summed E-state index contributed by atoms with van der Waals surface area (Å²) in [6.07, 6.45) is 2.39. The Morgan fingerprint density at radius 3 is 2.39 bits per heavy atom. The van der Waals surface area contributed by atoms with E-state index < -0.39 is 29.0 Å². The molecule has 222 valence electrons. The molecule has 5 rings (SSSR count). The van der Waals surface area contributed by atoms with Gasteiger partial charge in [-0.25, -0.2) is 4.39 Å². The average Bonchev–Trinajstić information content (AvgIpc) is 3.81. The molecular weight excluding hydrogens is 620 g/mol. The van der Waals surface area contributed by atoms with Crippen LogP contribution in [0.25, 0.3) is 10.9 Å². The molecule has 0 spiro atoms. The van der Waals surface area contributed by atoms with Crippen LogP contribution in [0.1, 0.15) is 25.7 Å². The van der Waals surface area contributed by atoms with Crippen LogP contribution in [0.15, 0.2) is 66.9 Å². The van der Waals surface area contributed by atoms with Gasteiger partial charge < -0.3 is 34.7 Å². The molecule has 0 saturated heterocycles. The fraction of sp³-hybridized carbons (Fsp3) is 0.226. The molecule has 1 heterocycles. The molecule has 44 heavy (non-hydrogen) atoms. The molecule has 2 amide bonds. The summed E-state index contributed by atoms with van der Waals surface area (Å²) in [5.41, 5.74) is -0.101. The Hall–Kier alpha value is -3.26. The summed E-state index contributed by atoms with van der Waals surface area (Å²) in [5, 5.41) is 16.8. The van der Waals surface area contributed by atoms with E-state index in [0.29, 0.717) is 46.7 Å². The number of fused-ring (bicyclic) bond motifs is 1. The predicted molar refractivity (Wildman–Crippen MR) is 155 cm³/mol. The number of nitrogens with zero attached hydrogens (tertiary/aromatic N) is 1. The number of carbonyl (C=O) groups excluding carboxylic acids is 3. The van der Waals surface area contributed by atoms with Crippen LogP contribution in [0.2, 0.25) is 5.02 Å². The van der Waals surface area contributed by atoms with E-state index in [1.165, 1.54) is 31.4 Å². The second kappa shape index (κ2) is 14.7. The Bertz CT molecular complexity index is 1700. The molecule has 1 saturated carbocycles. The number of carbonyl (C=O) groups is 3.